The van der Waals surface area contributed by atoms with Gasteiger partial charge in [0.05, 0.1) is 0 Å². The maximum Gasteiger partial charge on any atom is 0.264 e. The van der Waals surface area contributed by atoms with Crippen LogP contribution < -0.4 is 10.0 Å². The number of sulfonamides is 1. The van der Waals surface area contributed by atoms with Gasteiger partial charge in [-0.05, 0) is 43.5 Å². The van der Waals surface area contributed by atoms with Crippen LogP contribution in [0, 0.1) is 19.7 Å². The van der Waals surface area contributed by atoms with E-state index in [-0.39, 0.29) is 23.8 Å². The number of carbonyl (C=O) groups excluding carboxylic acids is 1. The highest BCUT2D eigenvalue weighted by Gasteiger charge is 2.32. The average Bonchev–Trinajstić information content (AvgIpc) is 2.90. The zero-order chi connectivity index (χ0) is 21.2. The molecule has 0 bridgehead atoms. The Labute approximate surface area is 169 Å². The molecule has 0 fully saturated rings. The largest absolute Gasteiger partial charge is 0.350 e. The molecule has 0 atom stereocenters. The quantitative estimate of drug-likeness (QED) is 0.787. The monoisotopic (exact) mass is 415 g/mol. The molecule has 152 valence electrons. The Morgan fingerprint density at radius 1 is 1.10 bits per heavy atom. The lowest BCUT2D eigenvalue weighted by Crippen LogP contribution is -2.28. The molecule has 6 nitrogen and oxygen atoms in total. The first-order chi connectivity index (χ1) is 13.7. The fraction of sp³-hybridized carbons (Fsp3) is 0.238. The number of amidine groups is 1. The van der Waals surface area contributed by atoms with Gasteiger partial charge in [-0.25, -0.2) is 12.8 Å². The Morgan fingerprint density at radius 3 is 2.52 bits per heavy atom. The van der Waals surface area contributed by atoms with E-state index in [9.17, 15) is 17.6 Å². The lowest BCUT2D eigenvalue weighted by molar-refractivity contribution is -0.119. The van der Waals surface area contributed by atoms with E-state index in [1.807, 2.05) is 26.0 Å². The molecule has 1 aliphatic rings. The molecule has 0 unspecified atom stereocenters. The molecule has 2 N–H and O–H groups in total. The van der Waals surface area contributed by atoms with Crippen LogP contribution in [0.2, 0.25) is 0 Å². The smallest absolute Gasteiger partial charge is 0.264 e. The van der Waals surface area contributed by atoms with Crippen molar-refractivity contribution in [1.82, 2.24) is 10.0 Å². The van der Waals surface area contributed by atoms with Gasteiger partial charge in [0.1, 0.15) is 23.1 Å². The van der Waals surface area contributed by atoms with Gasteiger partial charge in [0.2, 0.25) is 5.91 Å². The van der Waals surface area contributed by atoms with Gasteiger partial charge >= 0.3 is 0 Å². The Kier molecular flexibility index (Phi) is 5.83. The highest BCUT2D eigenvalue weighted by atomic mass is 32.2. The van der Waals surface area contributed by atoms with Crippen LogP contribution in [0.3, 0.4) is 0 Å². The second kappa shape index (κ2) is 8.16. The van der Waals surface area contributed by atoms with Crippen LogP contribution in [0.4, 0.5) is 4.39 Å². The summed E-state index contributed by atoms with van der Waals surface area (Å²) in [6.45, 7) is 5.28. The third-order valence-corrected chi connectivity index (χ3v) is 6.32. The number of hydrogen-bond donors (Lipinski definition) is 2. The van der Waals surface area contributed by atoms with Crippen molar-refractivity contribution in [2.75, 3.05) is 6.54 Å². The van der Waals surface area contributed by atoms with Crippen molar-refractivity contribution in [2.45, 2.75) is 27.3 Å². The molecule has 0 saturated heterocycles. The van der Waals surface area contributed by atoms with E-state index in [2.05, 4.69) is 15.0 Å². The minimum absolute atomic E-state index is 0.0325. The van der Waals surface area contributed by atoms with Crippen LogP contribution in [0.15, 0.2) is 53.0 Å². The maximum absolute atomic E-state index is 13.6. The SMILES string of the molecule is CC1=C(c2ccc(C)c(C)c2)S(=O)(=O)NC1=NCC(=O)NCc1ccccc1F. The molecular weight excluding hydrogens is 393 g/mol. The van der Waals surface area contributed by atoms with Crippen molar-refractivity contribution in [2.24, 2.45) is 4.99 Å². The minimum atomic E-state index is -3.76. The summed E-state index contributed by atoms with van der Waals surface area (Å²) in [5.74, 6) is -0.703. The van der Waals surface area contributed by atoms with E-state index >= 15 is 0 Å². The molecule has 0 aliphatic carbocycles. The van der Waals surface area contributed by atoms with E-state index < -0.39 is 21.7 Å². The number of amides is 1. The predicted molar refractivity (Wildman–Crippen MR) is 111 cm³/mol. The van der Waals surface area contributed by atoms with Gasteiger partial charge in [-0.15, -0.1) is 0 Å². The van der Waals surface area contributed by atoms with Gasteiger partial charge in [-0.3, -0.25) is 14.5 Å². The number of carbonyl (C=O) groups is 1. The van der Waals surface area contributed by atoms with Crippen LogP contribution >= 0.6 is 0 Å². The molecule has 0 spiro atoms. The number of nitrogens with zero attached hydrogens (tertiary/aromatic N) is 1. The van der Waals surface area contributed by atoms with Crippen LogP contribution in [0.5, 0.6) is 0 Å². The van der Waals surface area contributed by atoms with E-state index in [1.165, 1.54) is 6.07 Å². The standard InChI is InChI=1S/C21H22FN3O3S/c1-13-8-9-16(10-14(13)2)20-15(3)21(25-29(20,27)28)24-12-19(26)23-11-17-6-4-5-7-18(17)22/h4-10H,11-12H2,1-3H3,(H,23,26)(H,24,25). The van der Waals surface area contributed by atoms with E-state index in [1.54, 1.807) is 31.2 Å². The van der Waals surface area contributed by atoms with Crippen molar-refractivity contribution in [1.29, 1.82) is 0 Å². The molecule has 1 heterocycles. The number of aliphatic imine (C=N–C) groups is 1. The van der Waals surface area contributed by atoms with Crippen molar-refractivity contribution in [3.63, 3.8) is 0 Å². The molecule has 1 amide bonds. The van der Waals surface area contributed by atoms with E-state index in [0.29, 0.717) is 16.7 Å². The number of benzene rings is 2. The zero-order valence-corrected chi connectivity index (χ0v) is 17.2. The Balaban J connectivity index is 1.76. The first-order valence-electron chi connectivity index (χ1n) is 9.05. The third kappa shape index (κ3) is 4.54. The predicted octanol–water partition coefficient (Wildman–Crippen LogP) is 2.82. The molecule has 1 aliphatic heterocycles. The maximum atomic E-state index is 13.6. The molecule has 0 saturated carbocycles. The lowest BCUT2D eigenvalue weighted by atomic mass is 10.0. The number of hydrogen-bond acceptors (Lipinski definition) is 4. The van der Waals surface area contributed by atoms with Gasteiger partial charge in [-0.1, -0.05) is 36.4 Å². The number of nitrogens with one attached hydrogen (secondary N) is 2. The molecule has 2 aromatic carbocycles. The topological polar surface area (TPSA) is 87.6 Å². The highest BCUT2D eigenvalue weighted by Crippen LogP contribution is 2.30. The van der Waals surface area contributed by atoms with Gasteiger partial charge in [0, 0.05) is 17.7 Å². The first kappa shape index (κ1) is 20.7. The minimum Gasteiger partial charge on any atom is -0.350 e. The van der Waals surface area contributed by atoms with Crippen LogP contribution in [0.25, 0.3) is 4.91 Å². The summed E-state index contributed by atoms with van der Waals surface area (Å²) >= 11 is 0. The lowest BCUT2D eigenvalue weighted by Gasteiger charge is -2.06. The summed E-state index contributed by atoms with van der Waals surface area (Å²) in [7, 11) is -3.76. The second-order valence-electron chi connectivity index (χ2n) is 6.89. The molecule has 2 aromatic rings. The molecule has 0 aromatic heterocycles. The fourth-order valence-electron chi connectivity index (χ4n) is 3.01. The summed E-state index contributed by atoms with van der Waals surface area (Å²) in [6, 6.07) is 11.6. The molecule has 8 heteroatoms. The van der Waals surface area contributed by atoms with Crippen molar-refractivity contribution in [3.05, 3.63) is 76.1 Å². The fourth-order valence-corrected chi connectivity index (χ4v) is 4.52. The van der Waals surface area contributed by atoms with Gasteiger partial charge < -0.3 is 5.32 Å². The summed E-state index contributed by atoms with van der Waals surface area (Å²) in [6.07, 6.45) is 0. The Morgan fingerprint density at radius 2 is 1.83 bits per heavy atom. The van der Waals surface area contributed by atoms with Crippen LogP contribution in [0.1, 0.15) is 29.2 Å². The van der Waals surface area contributed by atoms with Crippen molar-refractivity contribution < 1.29 is 17.6 Å². The van der Waals surface area contributed by atoms with E-state index in [0.717, 1.165) is 11.1 Å². The molecule has 3 rings (SSSR count). The first-order valence-corrected chi connectivity index (χ1v) is 10.5. The van der Waals surface area contributed by atoms with E-state index in [4.69, 9.17) is 0 Å². The second-order valence-corrected chi connectivity index (χ2v) is 8.51. The summed E-state index contributed by atoms with van der Waals surface area (Å²) in [4.78, 5) is 16.3. The van der Waals surface area contributed by atoms with Crippen LogP contribution in [-0.4, -0.2) is 26.7 Å². The van der Waals surface area contributed by atoms with Gasteiger partial charge in [0.25, 0.3) is 10.0 Å². The molecular formula is C21H22FN3O3S. The van der Waals surface area contributed by atoms with Gasteiger partial charge in [-0.2, -0.15) is 0 Å². The average molecular weight is 415 g/mol. The highest BCUT2D eigenvalue weighted by molar-refractivity contribution is 8.00. The van der Waals surface area contributed by atoms with Gasteiger partial charge in [0.15, 0.2) is 0 Å². The summed E-state index contributed by atoms with van der Waals surface area (Å²) in [5.41, 5.74) is 3.44. The van der Waals surface area contributed by atoms with Crippen LogP contribution in [-0.2, 0) is 21.4 Å². The Hall–Kier alpha value is -3.00. The van der Waals surface area contributed by atoms with Crippen molar-refractivity contribution >= 4 is 26.7 Å². The molecule has 0 radical (unpaired) electrons. The number of rotatable bonds is 5. The number of halogens is 1. The Bertz CT molecular complexity index is 1140. The normalized spacial score (nSPS) is 16.8. The summed E-state index contributed by atoms with van der Waals surface area (Å²) < 4.78 is 41.2. The van der Waals surface area contributed by atoms with Crippen molar-refractivity contribution in [3.8, 4) is 0 Å². The molecule has 29 heavy (non-hydrogen) atoms. The summed E-state index contributed by atoms with van der Waals surface area (Å²) in [5, 5.41) is 2.58. The zero-order valence-electron chi connectivity index (χ0n) is 16.4. The third-order valence-electron chi connectivity index (χ3n) is 4.78. The number of aryl methyl sites for hydroxylation is 2.